The van der Waals surface area contributed by atoms with Gasteiger partial charge in [0, 0.05) is 13.0 Å². The molecule has 0 aliphatic carbocycles. The van der Waals surface area contributed by atoms with Crippen molar-refractivity contribution in [3.8, 4) is 5.75 Å². The highest BCUT2D eigenvalue weighted by atomic mass is 16.3. The van der Waals surface area contributed by atoms with Crippen molar-refractivity contribution in [1.82, 2.24) is 5.32 Å². The summed E-state index contributed by atoms with van der Waals surface area (Å²) >= 11 is 0. The van der Waals surface area contributed by atoms with Crippen LogP contribution >= 0.6 is 0 Å². The van der Waals surface area contributed by atoms with E-state index in [1.54, 1.807) is 13.0 Å². The lowest BCUT2D eigenvalue weighted by Crippen LogP contribution is -2.25. The Bertz CT molecular complexity index is 486. The van der Waals surface area contributed by atoms with Crippen molar-refractivity contribution in [2.75, 3.05) is 18.4 Å². The maximum Gasteiger partial charge on any atom is 0.224 e. The van der Waals surface area contributed by atoms with Crippen LogP contribution in [0.5, 0.6) is 5.75 Å². The molecule has 1 heterocycles. The quantitative estimate of drug-likeness (QED) is 0.465. The number of carbonyl (C=O) groups excluding carboxylic acids is 1. The molecule has 0 aromatic heterocycles. The molecule has 110 valence electrons. The number of benzene rings is 1. The van der Waals surface area contributed by atoms with E-state index >= 15 is 0 Å². The number of aryl methyl sites for hydroxylation is 1. The van der Waals surface area contributed by atoms with Gasteiger partial charge in [-0.3, -0.25) is 4.79 Å². The van der Waals surface area contributed by atoms with Crippen LogP contribution in [-0.4, -0.2) is 35.3 Å². The van der Waals surface area contributed by atoms with Crippen molar-refractivity contribution in [3.05, 3.63) is 23.3 Å². The van der Waals surface area contributed by atoms with Crippen LogP contribution in [0, 0.1) is 0 Å². The van der Waals surface area contributed by atoms with E-state index < -0.39 is 0 Å². The van der Waals surface area contributed by atoms with Crippen LogP contribution < -0.4 is 10.6 Å². The summed E-state index contributed by atoms with van der Waals surface area (Å²) in [4.78, 5) is 11.4. The van der Waals surface area contributed by atoms with Gasteiger partial charge in [0.1, 0.15) is 5.75 Å². The number of aliphatic hydroxyl groups is 1. The Morgan fingerprint density at radius 2 is 2.20 bits per heavy atom. The maximum atomic E-state index is 11.4. The number of amides is 1. The minimum Gasteiger partial charge on any atom is -0.506 e. The second-order valence-electron chi connectivity index (χ2n) is 5.30. The largest absolute Gasteiger partial charge is 0.506 e. The predicted molar refractivity (Wildman–Crippen MR) is 77.9 cm³/mol. The molecule has 1 aromatic rings. The number of aromatic hydroxyl groups is 1. The van der Waals surface area contributed by atoms with Crippen LogP contribution in [0.15, 0.2) is 12.1 Å². The minimum atomic E-state index is -0.327. The topological polar surface area (TPSA) is 81.6 Å². The second kappa shape index (κ2) is 6.72. The summed E-state index contributed by atoms with van der Waals surface area (Å²) in [6, 6.07) is 3.57. The van der Waals surface area contributed by atoms with Gasteiger partial charge in [-0.2, -0.15) is 0 Å². The summed E-state index contributed by atoms with van der Waals surface area (Å²) in [6.45, 7) is 3.20. The van der Waals surface area contributed by atoms with E-state index in [1.807, 2.05) is 6.07 Å². The first-order valence-corrected chi connectivity index (χ1v) is 7.10. The molecule has 1 atom stereocenters. The lowest BCUT2D eigenvalue weighted by atomic mass is 9.94. The lowest BCUT2D eigenvalue weighted by molar-refractivity contribution is -0.116. The molecule has 1 aliphatic rings. The molecule has 5 heteroatoms. The third kappa shape index (κ3) is 3.71. The molecule has 0 fully saturated rings. The van der Waals surface area contributed by atoms with Crippen LogP contribution in [-0.2, 0) is 17.6 Å². The van der Waals surface area contributed by atoms with Crippen molar-refractivity contribution < 1.29 is 15.0 Å². The Morgan fingerprint density at radius 1 is 1.40 bits per heavy atom. The Labute approximate surface area is 119 Å². The van der Waals surface area contributed by atoms with Crippen LogP contribution in [0.4, 0.5) is 5.69 Å². The van der Waals surface area contributed by atoms with Gasteiger partial charge in [0.05, 0.1) is 11.8 Å². The van der Waals surface area contributed by atoms with Crippen LogP contribution in [0.2, 0.25) is 0 Å². The van der Waals surface area contributed by atoms with Gasteiger partial charge in [-0.25, -0.2) is 0 Å². The summed E-state index contributed by atoms with van der Waals surface area (Å²) in [5.74, 6) is 0.104. The number of aliphatic hydroxyl groups excluding tert-OH is 1. The monoisotopic (exact) mass is 278 g/mol. The molecule has 4 N–H and O–H groups in total. The summed E-state index contributed by atoms with van der Waals surface area (Å²) in [5, 5.41) is 24.9. The van der Waals surface area contributed by atoms with Crippen molar-refractivity contribution in [2.24, 2.45) is 0 Å². The number of phenolic OH excluding ortho intramolecular Hbond substituents is 1. The Kier molecular flexibility index (Phi) is 4.98. The normalized spacial score (nSPS) is 15.6. The fourth-order valence-corrected chi connectivity index (χ4v) is 2.49. The molecule has 0 spiro atoms. The number of fused-ring (bicyclic) bond motifs is 1. The standard InChI is InChI=1S/C15H22N2O3/c1-10(18)9-16-8-2-3-11-4-6-13(19)15-12(11)5-7-14(20)17-15/h4,6,10,16,18-19H,2-3,5,7-9H2,1H3,(H,17,20). The van der Waals surface area contributed by atoms with E-state index in [1.165, 1.54) is 5.56 Å². The molecule has 20 heavy (non-hydrogen) atoms. The van der Waals surface area contributed by atoms with Crippen molar-refractivity contribution in [3.63, 3.8) is 0 Å². The number of rotatable bonds is 6. The van der Waals surface area contributed by atoms with Crippen molar-refractivity contribution in [2.45, 2.75) is 38.7 Å². The number of anilines is 1. The van der Waals surface area contributed by atoms with Crippen LogP contribution in [0.25, 0.3) is 0 Å². The Balaban J connectivity index is 1.95. The Hall–Kier alpha value is -1.59. The van der Waals surface area contributed by atoms with E-state index in [2.05, 4.69) is 10.6 Å². The highest BCUT2D eigenvalue weighted by Gasteiger charge is 2.20. The van der Waals surface area contributed by atoms with E-state index in [4.69, 9.17) is 5.11 Å². The molecule has 0 saturated carbocycles. The number of hydrogen-bond acceptors (Lipinski definition) is 4. The average molecular weight is 278 g/mol. The summed E-state index contributed by atoms with van der Waals surface area (Å²) in [6.07, 6.45) is 2.69. The van der Waals surface area contributed by atoms with E-state index in [-0.39, 0.29) is 17.8 Å². The second-order valence-corrected chi connectivity index (χ2v) is 5.30. The molecule has 0 bridgehead atoms. The van der Waals surface area contributed by atoms with Gasteiger partial charge in [-0.05, 0) is 49.9 Å². The van der Waals surface area contributed by atoms with Crippen LogP contribution in [0.1, 0.15) is 30.9 Å². The molecular weight excluding hydrogens is 256 g/mol. The van der Waals surface area contributed by atoms with Gasteiger partial charge in [0.25, 0.3) is 0 Å². The van der Waals surface area contributed by atoms with Crippen LogP contribution in [0.3, 0.4) is 0 Å². The molecular formula is C15H22N2O3. The average Bonchev–Trinajstić information content (AvgIpc) is 2.41. The predicted octanol–water partition coefficient (Wildman–Crippen LogP) is 1.18. The lowest BCUT2D eigenvalue weighted by Gasteiger charge is -2.21. The first-order chi connectivity index (χ1) is 9.58. The van der Waals surface area contributed by atoms with Crippen molar-refractivity contribution in [1.29, 1.82) is 0 Å². The molecule has 1 aliphatic heterocycles. The number of nitrogens with one attached hydrogen (secondary N) is 2. The van der Waals surface area contributed by atoms with Crippen molar-refractivity contribution >= 4 is 11.6 Å². The first kappa shape index (κ1) is 14.8. The van der Waals surface area contributed by atoms with Gasteiger partial charge in [-0.15, -0.1) is 0 Å². The molecule has 0 radical (unpaired) electrons. The van der Waals surface area contributed by atoms with E-state index in [0.717, 1.165) is 24.9 Å². The zero-order chi connectivity index (χ0) is 14.5. The fourth-order valence-electron chi connectivity index (χ4n) is 2.49. The molecule has 1 amide bonds. The third-order valence-corrected chi connectivity index (χ3v) is 3.49. The Morgan fingerprint density at radius 3 is 2.95 bits per heavy atom. The zero-order valence-electron chi connectivity index (χ0n) is 11.8. The number of hydrogen-bond donors (Lipinski definition) is 4. The SMILES string of the molecule is CC(O)CNCCCc1ccc(O)c2c1CCC(=O)N2. The smallest absolute Gasteiger partial charge is 0.224 e. The molecule has 2 rings (SSSR count). The summed E-state index contributed by atoms with van der Waals surface area (Å²) in [7, 11) is 0. The van der Waals surface area contributed by atoms with Gasteiger partial charge in [0.15, 0.2) is 0 Å². The highest BCUT2D eigenvalue weighted by Crippen LogP contribution is 2.34. The van der Waals surface area contributed by atoms with E-state index in [0.29, 0.717) is 25.1 Å². The molecule has 1 unspecified atom stereocenters. The fraction of sp³-hybridized carbons (Fsp3) is 0.533. The summed E-state index contributed by atoms with van der Waals surface area (Å²) < 4.78 is 0. The van der Waals surface area contributed by atoms with Gasteiger partial charge in [0.2, 0.25) is 5.91 Å². The molecule has 1 aromatic carbocycles. The van der Waals surface area contributed by atoms with E-state index in [9.17, 15) is 9.90 Å². The third-order valence-electron chi connectivity index (χ3n) is 3.49. The number of phenols is 1. The molecule has 0 saturated heterocycles. The number of carbonyl (C=O) groups is 1. The summed E-state index contributed by atoms with van der Waals surface area (Å²) in [5.41, 5.74) is 2.81. The zero-order valence-corrected chi connectivity index (χ0v) is 11.8. The van der Waals surface area contributed by atoms with Gasteiger partial charge >= 0.3 is 0 Å². The van der Waals surface area contributed by atoms with Gasteiger partial charge in [-0.1, -0.05) is 6.07 Å². The van der Waals surface area contributed by atoms with Gasteiger partial charge < -0.3 is 20.8 Å². The first-order valence-electron chi connectivity index (χ1n) is 7.10. The highest BCUT2D eigenvalue weighted by molar-refractivity contribution is 5.95. The minimum absolute atomic E-state index is 0.0384. The molecule has 5 nitrogen and oxygen atoms in total. The maximum absolute atomic E-state index is 11.4.